The van der Waals surface area contributed by atoms with Gasteiger partial charge in [0.1, 0.15) is 238 Å². The normalized spacial score (nSPS) is 47.6. The average Bonchev–Trinajstić information content (AvgIpc) is 0.740. The number of aliphatic hydroxyl groups excluding tert-OH is 30. The van der Waals surface area contributed by atoms with Gasteiger partial charge in [0.05, 0.1) is 78.7 Å². The van der Waals surface area contributed by atoms with Gasteiger partial charge in [0, 0.05) is 20.8 Å². The quantitative estimate of drug-likeness (QED) is 0.0280. The Morgan fingerprint density at radius 3 is 0.975 bits per heavy atom. The summed E-state index contributed by atoms with van der Waals surface area (Å²) < 4.78 is 106. The molecular formula is C66H113N3O51. The lowest BCUT2D eigenvalue weighted by Crippen LogP contribution is -2.70. The van der Waals surface area contributed by atoms with Gasteiger partial charge in [-0.2, -0.15) is 0 Å². The first-order chi connectivity index (χ1) is 56.8. The van der Waals surface area contributed by atoms with Crippen LogP contribution in [0.5, 0.6) is 0 Å². The number of carbonyl (C=O) groups excluding carboxylic acids is 3. The lowest BCUT2D eigenvalue weighted by molar-refractivity contribution is -0.398. The summed E-state index contributed by atoms with van der Waals surface area (Å²) in [6.45, 7) is -9.71. The van der Waals surface area contributed by atoms with Crippen LogP contribution in [0.2, 0.25) is 0 Å². The topological polar surface area (TPSA) is 860 Å². The summed E-state index contributed by atoms with van der Waals surface area (Å²) in [5, 5.41) is 338. The zero-order valence-electron chi connectivity index (χ0n) is 64.1. The first-order valence-corrected chi connectivity index (χ1v) is 38.1. The van der Waals surface area contributed by atoms with E-state index in [0.29, 0.717) is 0 Å². The van der Waals surface area contributed by atoms with Crippen molar-refractivity contribution in [2.24, 2.45) is 0 Å². The standard InChI is InChI=1S/C66H113N3O51/c1-15(79)67-18(4-70)31(83)51(19(82)5-71)114-58-29(68-16(2)80)39(91)53(26(12-78)110-58)116-64-50(102)55(118-66-57(45(97)36(88)24(10-76)109-66)119-59-30(69-17(3)81)40(92)52(25(11-77)111-59)115-61-46(98)41(93)32(84)20(6-72)105-61)38(90)28(113-64)13-103-60-49(101)54(117-62-47(99)42(94)33(85)21(7-73)106-62)37(89)27(112-60)14-104-65-56(44(96)35(87)23(9-75)108-65)120-63-48(100)43(95)34(86)22(8-74)107-63/h18-66,70-78,82-102H,4-14H2,1-3H3,(H,67,79)(H,68,80)(H,69,81)/t18-,19+,20+,21+,22+,23+,24+,25+,26+,27+,28+,29+,30+,31+,32-,33+,34+,35+,36+,37+,38+,39+,40+,41-,42-,43-,44-,45-,46+,47-,48-,49-,50-,51+,52+,53+,54-,55-,56-,57-,58-,59-,60-,61-,62+,63+,64-,65-,66+/m0/s1. The summed E-state index contributed by atoms with van der Waals surface area (Å²) in [6, 6.07) is -5.69. The van der Waals surface area contributed by atoms with E-state index >= 15 is 0 Å². The number of hydrogen-bond donors (Lipinski definition) is 33. The Morgan fingerprint density at radius 1 is 0.283 bits per heavy atom. The molecule has 9 aliphatic rings. The van der Waals surface area contributed by atoms with Gasteiger partial charge in [-0.25, -0.2) is 0 Å². The number of nitrogens with one attached hydrogen (secondary N) is 3. The Hall–Kier alpha value is -3.51. The van der Waals surface area contributed by atoms with E-state index in [0.717, 1.165) is 20.8 Å². The monoisotopic (exact) mass is 1760 g/mol. The number of aliphatic hydroxyl groups is 30. The maximum atomic E-state index is 13.0. The third-order valence-corrected chi connectivity index (χ3v) is 21.7. The molecule has 0 radical (unpaired) electrons. The van der Waals surface area contributed by atoms with Gasteiger partial charge in [0.2, 0.25) is 17.7 Å². The Morgan fingerprint density at radius 2 is 0.583 bits per heavy atom. The number of hydrogen-bond acceptors (Lipinski definition) is 51. The van der Waals surface area contributed by atoms with Crippen molar-refractivity contribution in [2.45, 2.75) is 321 Å². The van der Waals surface area contributed by atoms with E-state index in [1.807, 2.05) is 0 Å². The smallest absolute Gasteiger partial charge is 0.217 e. The molecular weight excluding hydrogens is 1650 g/mol. The second-order valence-corrected chi connectivity index (χ2v) is 30.0. The fraction of sp³-hybridized carbons (Fsp3) is 0.955. The first kappa shape index (κ1) is 100. The molecule has 54 heteroatoms. The third kappa shape index (κ3) is 22.4. The average molecular weight is 1760 g/mol. The minimum absolute atomic E-state index is 0.831. The van der Waals surface area contributed by atoms with Crippen molar-refractivity contribution < 1.29 is 253 Å². The van der Waals surface area contributed by atoms with Gasteiger partial charge in [0.25, 0.3) is 0 Å². The highest BCUT2D eigenvalue weighted by atomic mass is 16.8. The van der Waals surface area contributed by atoms with Crippen molar-refractivity contribution >= 4 is 17.7 Å². The van der Waals surface area contributed by atoms with Gasteiger partial charge in [0.15, 0.2) is 56.6 Å². The van der Waals surface area contributed by atoms with E-state index in [1.54, 1.807) is 0 Å². The largest absolute Gasteiger partial charge is 0.394 e. The fourth-order valence-electron chi connectivity index (χ4n) is 15.0. The molecule has 9 heterocycles. The maximum Gasteiger partial charge on any atom is 0.217 e. The zero-order valence-corrected chi connectivity index (χ0v) is 64.1. The van der Waals surface area contributed by atoms with Gasteiger partial charge >= 0.3 is 0 Å². The Kier molecular flexibility index (Phi) is 37.2. The minimum atomic E-state index is -2.65. The molecule has 9 saturated heterocycles. The van der Waals surface area contributed by atoms with Crippen molar-refractivity contribution in [3.63, 3.8) is 0 Å². The molecule has 3 amide bonds. The van der Waals surface area contributed by atoms with Crippen molar-refractivity contribution in [2.75, 3.05) is 72.7 Å². The van der Waals surface area contributed by atoms with Crippen molar-refractivity contribution in [3.8, 4) is 0 Å². The molecule has 0 saturated carbocycles. The lowest BCUT2D eigenvalue weighted by atomic mass is 9.94. The summed E-state index contributed by atoms with van der Waals surface area (Å²) in [6.07, 6.45) is -99.7. The van der Waals surface area contributed by atoms with Crippen LogP contribution in [0, 0.1) is 0 Å². The molecule has 54 nitrogen and oxygen atoms in total. The molecule has 9 rings (SSSR count). The Balaban J connectivity index is 1.08. The minimum Gasteiger partial charge on any atom is -0.394 e. The second-order valence-electron chi connectivity index (χ2n) is 30.0. The van der Waals surface area contributed by atoms with Crippen LogP contribution in [-0.4, -0.2) is 544 Å². The van der Waals surface area contributed by atoms with Crippen LogP contribution in [0.25, 0.3) is 0 Å². The van der Waals surface area contributed by atoms with Crippen molar-refractivity contribution in [1.29, 1.82) is 0 Å². The van der Waals surface area contributed by atoms with Gasteiger partial charge in [-0.15, -0.1) is 0 Å². The van der Waals surface area contributed by atoms with Gasteiger partial charge < -0.3 is 254 Å². The third-order valence-electron chi connectivity index (χ3n) is 21.7. The van der Waals surface area contributed by atoms with Crippen LogP contribution in [0.4, 0.5) is 0 Å². The SMILES string of the molecule is CC(=O)N[C@H]1[C@H](O[C@@H]([C@H](O)[C@H](CO)NC(C)=O)[C@H](O)CO)O[C@H](CO)[C@@H](O[C@@H]2O[C@H](CO[C@H]3O[C@H](CO[C@H]4O[C@H](CO)[C@@H](O)[C@H](O)[C@@H]4O[C@H]4O[C@H](CO)[C@@H](O)[C@H](O)[C@@H]4O)[C@@H](O)[C@H](O[C@H]4O[C@H](CO)[C@@H](O)[C@H](O)[C@@H]4O)[C@@H]3O)[C@@H](O)[C@H](O[C@H]3O[C@H](CO)[C@@H](O)[C@H](O)[C@@H]3O[C@@H]3O[C@H](CO)[C@@H](O[C@@H]4O[C@H](CO)[C@H](O)[C@H](O)[C@H]4O)[C@H](O)[C@H]3NC(C)=O)[C@@H]2O)[C@@H]1O. The van der Waals surface area contributed by atoms with Gasteiger partial charge in [-0.3, -0.25) is 14.4 Å². The number of amides is 3. The highest BCUT2D eigenvalue weighted by Gasteiger charge is 2.61. The van der Waals surface area contributed by atoms with E-state index in [4.69, 9.17) is 85.3 Å². The van der Waals surface area contributed by atoms with E-state index < -0.39 is 391 Å². The molecule has 120 heavy (non-hydrogen) atoms. The molecule has 0 unspecified atom stereocenters. The summed E-state index contributed by atoms with van der Waals surface area (Å²) in [5.41, 5.74) is 0. The molecule has 33 N–H and O–H groups in total. The van der Waals surface area contributed by atoms with E-state index in [-0.39, 0.29) is 0 Å². The van der Waals surface area contributed by atoms with Crippen LogP contribution >= 0.6 is 0 Å². The Bertz CT molecular complexity index is 3120. The highest BCUT2D eigenvalue weighted by Crippen LogP contribution is 2.40. The molecule has 0 spiro atoms. The van der Waals surface area contributed by atoms with Crippen LogP contribution < -0.4 is 16.0 Å². The van der Waals surface area contributed by atoms with Crippen molar-refractivity contribution in [3.05, 3.63) is 0 Å². The second kappa shape index (κ2) is 44.5. The molecule has 0 aromatic heterocycles. The van der Waals surface area contributed by atoms with Crippen LogP contribution in [0.3, 0.4) is 0 Å². The van der Waals surface area contributed by atoms with Crippen LogP contribution in [0.1, 0.15) is 20.8 Å². The lowest BCUT2D eigenvalue weighted by Gasteiger charge is -2.51. The fourth-order valence-corrected chi connectivity index (χ4v) is 15.0. The summed E-state index contributed by atoms with van der Waals surface area (Å²) >= 11 is 0. The zero-order chi connectivity index (χ0) is 88.6. The molecule has 0 aromatic rings. The maximum absolute atomic E-state index is 13.0. The molecule has 0 aromatic carbocycles. The molecule has 9 aliphatic heterocycles. The summed E-state index contributed by atoms with van der Waals surface area (Å²) in [4.78, 5) is 38.1. The first-order valence-electron chi connectivity index (χ1n) is 38.1. The summed E-state index contributed by atoms with van der Waals surface area (Å²) in [5.74, 6) is -2.83. The van der Waals surface area contributed by atoms with Crippen LogP contribution in [0.15, 0.2) is 0 Å². The summed E-state index contributed by atoms with van der Waals surface area (Å²) in [7, 11) is 0. The molecule has 698 valence electrons. The highest BCUT2D eigenvalue weighted by molar-refractivity contribution is 5.74. The Labute approximate surface area is 678 Å². The number of carbonyl (C=O) groups is 3. The van der Waals surface area contributed by atoms with Crippen LogP contribution in [-0.2, 0) is 99.6 Å². The predicted molar refractivity (Wildman–Crippen MR) is 367 cm³/mol. The molecule has 0 bridgehead atoms. The van der Waals surface area contributed by atoms with Crippen molar-refractivity contribution in [1.82, 2.24) is 16.0 Å². The number of ether oxygens (including phenoxy) is 18. The molecule has 49 atom stereocenters. The molecule has 0 aliphatic carbocycles. The van der Waals surface area contributed by atoms with E-state index in [1.165, 1.54) is 0 Å². The molecule has 9 fully saturated rings. The number of rotatable bonds is 35. The van der Waals surface area contributed by atoms with Gasteiger partial charge in [-0.05, 0) is 0 Å². The van der Waals surface area contributed by atoms with E-state index in [9.17, 15) is 168 Å². The van der Waals surface area contributed by atoms with Gasteiger partial charge in [-0.1, -0.05) is 0 Å². The van der Waals surface area contributed by atoms with E-state index in [2.05, 4.69) is 16.0 Å². The predicted octanol–water partition coefficient (Wildman–Crippen LogP) is -22.7.